The smallest absolute Gasteiger partial charge is 0.340 e. The summed E-state index contributed by atoms with van der Waals surface area (Å²) in [5, 5.41) is 3.40. The Kier molecular flexibility index (Phi) is 8.03. The highest BCUT2D eigenvalue weighted by Crippen LogP contribution is 2.23. The second-order valence-electron chi connectivity index (χ2n) is 6.32. The second kappa shape index (κ2) is 10.3. The molecule has 0 spiro atoms. The number of ether oxygens (including phenoxy) is 1. The molecule has 0 bridgehead atoms. The number of aryl methyl sites for hydroxylation is 1. The van der Waals surface area contributed by atoms with Crippen molar-refractivity contribution in [2.24, 2.45) is 5.16 Å². The van der Waals surface area contributed by atoms with Crippen LogP contribution >= 0.6 is 11.6 Å². The van der Waals surface area contributed by atoms with E-state index >= 15 is 0 Å². The van der Waals surface area contributed by atoms with E-state index in [4.69, 9.17) is 21.2 Å². The van der Waals surface area contributed by atoms with Gasteiger partial charge in [-0.1, -0.05) is 23.7 Å². The van der Waals surface area contributed by atoms with E-state index in [0.717, 1.165) is 24.8 Å². The summed E-state index contributed by atoms with van der Waals surface area (Å²) in [7, 11) is 0. The van der Waals surface area contributed by atoms with Crippen LogP contribution < -0.4 is 11.2 Å². The van der Waals surface area contributed by atoms with Gasteiger partial charge in [0.2, 0.25) is 0 Å². The van der Waals surface area contributed by atoms with Crippen molar-refractivity contribution in [2.75, 3.05) is 13.2 Å². The summed E-state index contributed by atoms with van der Waals surface area (Å²) >= 11 is 5.89. The van der Waals surface area contributed by atoms with E-state index < -0.39 is 35.3 Å². The monoisotopic (exact) mass is 461 g/mol. The molecule has 0 amide bonds. The van der Waals surface area contributed by atoms with Crippen molar-refractivity contribution < 1.29 is 27.5 Å². The summed E-state index contributed by atoms with van der Waals surface area (Å²) in [6.07, 6.45) is 0.680. The van der Waals surface area contributed by atoms with Gasteiger partial charge < -0.3 is 9.57 Å². The average Bonchev–Trinajstić information content (AvgIpc) is 2.68. The molecule has 31 heavy (non-hydrogen) atoms. The maximum absolute atomic E-state index is 14.5. The van der Waals surface area contributed by atoms with Crippen LogP contribution in [-0.4, -0.2) is 34.0 Å². The lowest BCUT2D eigenvalue weighted by Gasteiger charge is -2.14. The molecule has 0 aliphatic rings. The predicted molar refractivity (Wildman–Crippen MR) is 107 cm³/mol. The van der Waals surface area contributed by atoms with Crippen LogP contribution in [0.15, 0.2) is 32.9 Å². The molecule has 0 aliphatic heterocycles. The van der Waals surface area contributed by atoms with Crippen molar-refractivity contribution in [1.82, 2.24) is 9.13 Å². The average molecular weight is 462 g/mol. The minimum absolute atomic E-state index is 0.0174. The first kappa shape index (κ1) is 24.2. The number of esters is 1. The van der Waals surface area contributed by atoms with E-state index in [1.54, 1.807) is 6.92 Å². The minimum Gasteiger partial charge on any atom is -0.458 e. The summed E-state index contributed by atoms with van der Waals surface area (Å²) in [5.41, 5.74) is -3.20. The van der Waals surface area contributed by atoms with Gasteiger partial charge in [-0.05, 0) is 32.4 Å². The number of halogens is 4. The number of alkyl halides is 2. The molecule has 0 N–H and O–H groups in total. The summed E-state index contributed by atoms with van der Waals surface area (Å²) in [6, 6.07) is 2.21. The maximum Gasteiger partial charge on any atom is 0.340 e. The van der Waals surface area contributed by atoms with Crippen LogP contribution in [0, 0.1) is 12.7 Å². The van der Waals surface area contributed by atoms with Crippen molar-refractivity contribution in [3.8, 4) is 5.69 Å². The van der Waals surface area contributed by atoms with Crippen LogP contribution in [0.1, 0.15) is 42.9 Å². The summed E-state index contributed by atoms with van der Waals surface area (Å²) in [6.45, 7) is 1.22. The van der Waals surface area contributed by atoms with Gasteiger partial charge in [0.1, 0.15) is 12.4 Å². The highest BCUT2D eigenvalue weighted by atomic mass is 35.5. The molecule has 2 rings (SSSR count). The van der Waals surface area contributed by atoms with E-state index in [-0.39, 0.29) is 38.6 Å². The summed E-state index contributed by atoms with van der Waals surface area (Å²) < 4.78 is 46.0. The van der Waals surface area contributed by atoms with Crippen LogP contribution in [0.2, 0.25) is 5.02 Å². The zero-order valence-electron chi connectivity index (χ0n) is 16.8. The molecule has 8 nitrogen and oxygen atoms in total. The van der Waals surface area contributed by atoms with Gasteiger partial charge in [0.05, 0.1) is 22.0 Å². The van der Waals surface area contributed by atoms with Crippen LogP contribution in [0.25, 0.3) is 5.69 Å². The lowest BCUT2D eigenvalue weighted by atomic mass is 10.2. The Labute approximate surface area is 179 Å². The van der Waals surface area contributed by atoms with E-state index in [1.165, 1.54) is 0 Å². The molecule has 0 saturated heterocycles. The summed E-state index contributed by atoms with van der Waals surface area (Å²) in [4.78, 5) is 41.9. The first-order valence-corrected chi connectivity index (χ1v) is 9.41. The van der Waals surface area contributed by atoms with E-state index in [0.29, 0.717) is 12.5 Å². The SMILES string of the molecule is CCC(C)=NOCCOC(=O)c1cc(-n2c(=O)cc(C)n(C(F)F)c2=O)c(F)cc1Cl. The van der Waals surface area contributed by atoms with Gasteiger partial charge >= 0.3 is 18.2 Å². The quantitative estimate of drug-likeness (QED) is 0.260. The molecule has 1 heterocycles. The molecule has 12 heteroatoms. The number of benzene rings is 1. The van der Waals surface area contributed by atoms with Gasteiger partial charge in [-0.2, -0.15) is 8.78 Å². The number of rotatable bonds is 8. The number of oxime groups is 1. The number of carbonyl (C=O) groups excluding carboxylic acids is 1. The largest absolute Gasteiger partial charge is 0.458 e. The lowest BCUT2D eigenvalue weighted by molar-refractivity contribution is 0.0327. The first-order valence-electron chi connectivity index (χ1n) is 9.03. The first-order chi connectivity index (χ1) is 14.6. The Morgan fingerprint density at radius 1 is 1.23 bits per heavy atom. The van der Waals surface area contributed by atoms with Crippen molar-refractivity contribution in [3.63, 3.8) is 0 Å². The number of aromatic nitrogens is 2. The molecule has 0 saturated carbocycles. The van der Waals surface area contributed by atoms with Gasteiger partial charge in [-0.25, -0.2) is 23.1 Å². The number of hydrogen-bond acceptors (Lipinski definition) is 6. The molecular weight excluding hydrogens is 443 g/mol. The normalized spacial score (nSPS) is 11.7. The third kappa shape index (κ3) is 5.54. The van der Waals surface area contributed by atoms with Gasteiger partial charge in [0.15, 0.2) is 6.61 Å². The molecule has 0 aliphatic carbocycles. The molecule has 168 valence electrons. The third-order valence-corrected chi connectivity index (χ3v) is 4.48. The maximum atomic E-state index is 14.5. The molecule has 0 atom stereocenters. The van der Waals surface area contributed by atoms with Crippen molar-refractivity contribution >= 4 is 23.3 Å². The van der Waals surface area contributed by atoms with E-state index in [1.807, 2.05) is 6.92 Å². The molecule has 1 aromatic heterocycles. The van der Waals surface area contributed by atoms with Crippen molar-refractivity contribution in [1.29, 1.82) is 0 Å². The second-order valence-corrected chi connectivity index (χ2v) is 6.73. The molecular formula is C19H19ClF3N3O5. The Morgan fingerprint density at radius 2 is 1.90 bits per heavy atom. The Balaban J connectivity index is 2.39. The lowest BCUT2D eigenvalue weighted by Crippen LogP contribution is -2.40. The Hall–Kier alpha value is -3.08. The zero-order chi connectivity index (χ0) is 23.3. The fraction of sp³-hybridized carbons (Fsp3) is 0.368. The molecule has 1 aromatic carbocycles. The molecule has 0 unspecified atom stereocenters. The van der Waals surface area contributed by atoms with Crippen LogP contribution in [0.4, 0.5) is 13.2 Å². The Morgan fingerprint density at radius 3 is 2.52 bits per heavy atom. The minimum atomic E-state index is -3.27. The number of carbonyl (C=O) groups is 1. The van der Waals surface area contributed by atoms with Crippen LogP contribution in [-0.2, 0) is 9.57 Å². The molecule has 2 aromatic rings. The van der Waals surface area contributed by atoms with Gasteiger partial charge in [-0.15, -0.1) is 0 Å². The van der Waals surface area contributed by atoms with Gasteiger partial charge in [0, 0.05) is 11.8 Å². The predicted octanol–water partition coefficient (Wildman–Crippen LogP) is 3.45. The highest BCUT2D eigenvalue weighted by Gasteiger charge is 2.22. The topological polar surface area (TPSA) is 91.9 Å². The molecule has 0 radical (unpaired) electrons. The highest BCUT2D eigenvalue weighted by molar-refractivity contribution is 6.33. The third-order valence-electron chi connectivity index (χ3n) is 4.16. The standard InChI is InChI=1S/C19H19ClF3N3O5/c1-4-10(2)24-31-6-5-30-17(28)12-8-15(14(21)9-13(12)20)26-16(27)7-11(3)25(18(22)23)19(26)29/h7-9,18H,4-6H2,1-3H3. The number of hydrogen-bond donors (Lipinski definition) is 0. The van der Waals surface area contributed by atoms with Crippen molar-refractivity contribution in [3.05, 3.63) is 61.1 Å². The van der Waals surface area contributed by atoms with E-state index in [9.17, 15) is 27.6 Å². The summed E-state index contributed by atoms with van der Waals surface area (Å²) in [5.74, 6) is -2.17. The molecule has 0 fully saturated rings. The fourth-order valence-electron chi connectivity index (χ4n) is 2.46. The Bertz CT molecular complexity index is 1130. The van der Waals surface area contributed by atoms with Gasteiger partial charge in [0.25, 0.3) is 5.56 Å². The van der Waals surface area contributed by atoms with E-state index in [2.05, 4.69) is 5.16 Å². The van der Waals surface area contributed by atoms with Crippen LogP contribution in [0.3, 0.4) is 0 Å². The van der Waals surface area contributed by atoms with Crippen LogP contribution in [0.5, 0.6) is 0 Å². The number of nitrogens with zero attached hydrogens (tertiary/aromatic N) is 3. The van der Waals surface area contributed by atoms with Crippen molar-refractivity contribution in [2.45, 2.75) is 33.7 Å². The van der Waals surface area contributed by atoms with Gasteiger partial charge in [-0.3, -0.25) is 4.79 Å². The zero-order valence-corrected chi connectivity index (χ0v) is 17.6. The fourth-order valence-corrected chi connectivity index (χ4v) is 2.69.